The van der Waals surface area contributed by atoms with Gasteiger partial charge in [0.25, 0.3) is 6.43 Å². The summed E-state index contributed by atoms with van der Waals surface area (Å²) in [4.78, 5) is 4.60. The molecule has 2 heterocycles. The van der Waals surface area contributed by atoms with E-state index in [9.17, 15) is 8.78 Å². The van der Waals surface area contributed by atoms with Crippen LogP contribution in [0.2, 0.25) is 0 Å². The van der Waals surface area contributed by atoms with E-state index in [0.29, 0.717) is 5.95 Å². The molecule has 0 radical (unpaired) electrons. The van der Waals surface area contributed by atoms with Crippen molar-refractivity contribution in [3.8, 4) is 0 Å². The van der Waals surface area contributed by atoms with Crippen LogP contribution in [0.4, 0.5) is 20.4 Å². The maximum absolute atomic E-state index is 12.9. The van der Waals surface area contributed by atoms with E-state index in [1.54, 1.807) is 28.5 Å². The number of alkyl halides is 2. The number of nitrogens with zero attached hydrogens (tertiary/aromatic N) is 5. The Morgan fingerprint density at radius 3 is 2.62 bits per heavy atom. The van der Waals surface area contributed by atoms with Crippen LogP contribution in [0.3, 0.4) is 0 Å². The predicted octanol–water partition coefficient (Wildman–Crippen LogP) is 2.64. The van der Waals surface area contributed by atoms with Crippen molar-refractivity contribution in [2.24, 2.45) is 7.05 Å². The molecule has 1 fully saturated rings. The zero-order valence-corrected chi connectivity index (χ0v) is 15.6. The number of aromatic nitrogens is 3. The first-order chi connectivity index (χ1) is 12.5. The molecule has 1 saturated heterocycles. The zero-order valence-electron chi connectivity index (χ0n) is 14.8. The monoisotopic (exact) mass is 382 g/mol. The van der Waals surface area contributed by atoms with Gasteiger partial charge in [-0.25, -0.2) is 8.78 Å². The summed E-state index contributed by atoms with van der Waals surface area (Å²) >= 11 is 1.66. The number of piperazine rings is 1. The Morgan fingerprint density at radius 1 is 1.19 bits per heavy atom. The molecule has 3 rings (SSSR count). The largest absolute Gasteiger partial charge is 0.369 e. The maximum Gasteiger partial charge on any atom is 0.263 e. The molecule has 0 atom stereocenters. The third kappa shape index (κ3) is 4.64. The average Bonchev–Trinajstić information content (AvgIpc) is 2.98. The molecule has 0 amide bonds. The van der Waals surface area contributed by atoms with Crippen LogP contribution in [0.1, 0.15) is 18.4 Å². The van der Waals surface area contributed by atoms with E-state index in [0.717, 1.165) is 55.7 Å². The summed E-state index contributed by atoms with van der Waals surface area (Å²) in [5.41, 5.74) is 6.65. The first-order valence-electron chi connectivity index (χ1n) is 8.67. The minimum absolute atomic E-state index is 0.0892. The predicted molar refractivity (Wildman–Crippen MR) is 101 cm³/mol. The van der Waals surface area contributed by atoms with E-state index in [1.165, 1.54) is 6.07 Å². The van der Waals surface area contributed by atoms with Gasteiger partial charge in [-0.15, -0.1) is 10.2 Å². The van der Waals surface area contributed by atoms with Gasteiger partial charge in [-0.05, 0) is 25.1 Å². The summed E-state index contributed by atoms with van der Waals surface area (Å²) in [6.45, 7) is 4.63. The van der Waals surface area contributed by atoms with E-state index in [2.05, 4.69) is 20.0 Å². The molecule has 2 N–H and O–H groups in total. The number of nitrogen functional groups attached to an aromatic ring is 1. The fourth-order valence-corrected chi connectivity index (χ4v) is 3.83. The molecule has 9 heteroatoms. The van der Waals surface area contributed by atoms with E-state index in [-0.39, 0.29) is 5.56 Å². The highest BCUT2D eigenvalue weighted by molar-refractivity contribution is 7.99. The van der Waals surface area contributed by atoms with E-state index in [1.807, 2.05) is 13.1 Å². The van der Waals surface area contributed by atoms with Gasteiger partial charge in [-0.3, -0.25) is 9.47 Å². The summed E-state index contributed by atoms with van der Waals surface area (Å²) in [5.74, 6) is 1.39. The number of thioether (sulfide) groups is 1. The Kier molecular flexibility index (Phi) is 6.31. The maximum atomic E-state index is 12.9. The number of rotatable bonds is 7. The van der Waals surface area contributed by atoms with Crippen molar-refractivity contribution < 1.29 is 8.78 Å². The summed E-state index contributed by atoms with van der Waals surface area (Å²) < 4.78 is 27.5. The van der Waals surface area contributed by atoms with Gasteiger partial charge in [-0.1, -0.05) is 23.9 Å². The summed E-state index contributed by atoms with van der Waals surface area (Å²) in [7, 11) is 1.86. The van der Waals surface area contributed by atoms with Crippen LogP contribution in [0.5, 0.6) is 0 Å². The Hall–Kier alpha value is -1.87. The first kappa shape index (κ1) is 18.9. The molecule has 142 valence electrons. The number of hydrogen-bond donors (Lipinski definition) is 1. The number of benzene rings is 1. The van der Waals surface area contributed by atoms with Gasteiger partial charge >= 0.3 is 0 Å². The van der Waals surface area contributed by atoms with Gasteiger partial charge in [0.05, 0.1) is 0 Å². The van der Waals surface area contributed by atoms with Gasteiger partial charge in [0.2, 0.25) is 5.95 Å². The molecule has 1 aliphatic rings. The van der Waals surface area contributed by atoms with Gasteiger partial charge in [0.15, 0.2) is 5.16 Å². The summed E-state index contributed by atoms with van der Waals surface area (Å²) in [6.07, 6.45) is -1.36. The first-order valence-corrected chi connectivity index (χ1v) is 9.66. The van der Waals surface area contributed by atoms with Crippen LogP contribution in [0.15, 0.2) is 29.4 Å². The fraction of sp³-hybridized carbons (Fsp3) is 0.529. The van der Waals surface area contributed by atoms with E-state index in [4.69, 9.17) is 5.73 Å². The third-order valence-corrected chi connectivity index (χ3v) is 5.68. The molecule has 0 aliphatic carbocycles. The number of halogens is 2. The molecule has 0 bridgehead atoms. The van der Waals surface area contributed by atoms with Crippen LogP contribution in [0, 0.1) is 0 Å². The van der Waals surface area contributed by atoms with Crippen LogP contribution in [-0.4, -0.2) is 58.1 Å². The lowest BCUT2D eigenvalue weighted by atomic mass is 10.1. The van der Waals surface area contributed by atoms with Gasteiger partial charge in [-0.2, -0.15) is 0 Å². The number of anilines is 2. The Bertz CT molecular complexity index is 715. The van der Waals surface area contributed by atoms with Crippen molar-refractivity contribution in [1.29, 1.82) is 0 Å². The smallest absolute Gasteiger partial charge is 0.263 e. The second kappa shape index (κ2) is 8.68. The highest BCUT2D eigenvalue weighted by Gasteiger charge is 2.18. The molecule has 1 aromatic carbocycles. The van der Waals surface area contributed by atoms with E-state index >= 15 is 0 Å². The molecule has 0 unspecified atom stereocenters. The lowest BCUT2D eigenvalue weighted by molar-refractivity contribution is 0.151. The molecular formula is C17H24F2N6S. The molecular weight excluding hydrogens is 358 g/mol. The quantitative estimate of drug-likeness (QED) is 0.587. The van der Waals surface area contributed by atoms with Crippen LogP contribution in [-0.2, 0) is 7.05 Å². The fourth-order valence-electron chi connectivity index (χ4n) is 2.99. The normalized spacial score (nSPS) is 15.8. The second-order valence-corrected chi connectivity index (χ2v) is 7.39. The van der Waals surface area contributed by atoms with Gasteiger partial charge in [0, 0.05) is 50.2 Å². The standard InChI is InChI=1S/C17H24F2N6S/c1-23-16(20)21-22-17(23)26-11-3-6-24-7-9-25(10-8-24)14-5-2-4-13(12-14)15(18)19/h2,4-5,12,15H,3,6-11H2,1H3,(H2,20,21). The second-order valence-electron chi connectivity index (χ2n) is 6.33. The van der Waals surface area contributed by atoms with Crippen molar-refractivity contribution >= 4 is 23.4 Å². The van der Waals surface area contributed by atoms with Crippen LogP contribution < -0.4 is 10.6 Å². The minimum atomic E-state index is -2.42. The van der Waals surface area contributed by atoms with Crippen molar-refractivity contribution in [2.75, 3.05) is 49.1 Å². The molecule has 2 aromatic rings. The molecule has 1 aliphatic heterocycles. The third-order valence-electron chi connectivity index (χ3n) is 4.58. The Labute approximate surface area is 156 Å². The van der Waals surface area contributed by atoms with Gasteiger partial charge in [0.1, 0.15) is 0 Å². The summed E-state index contributed by atoms with van der Waals surface area (Å²) in [6, 6.07) is 6.70. The topological polar surface area (TPSA) is 63.2 Å². The van der Waals surface area contributed by atoms with Crippen molar-refractivity contribution in [1.82, 2.24) is 19.7 Å². The van der Waals surface area contributed by atoms with Crippen LogP contribution >= 0.6 is 11.8 Å². The minimum Gasteiger partial charge on any atom is -0.369 e. The van der Waals surface area contributed by atoms with Crippen LogP contribution in [0.25, 0.3) is 0 Å². The molecule has 0 spiro atoms. The zero-order chi connectivity index (χ0) is 18.5. The van der Waals surface area contributed by atoms with E-state index < -0.39 is 6.43 Å². The van der Waals surface area contributed by atoms with Crippen molar-refractivity contribution in [2.45, 2.75) is 18.0 Å². The molecule has 0 saturated carbocycles. The van der Waals surface area contributed by atoms with Crippen molar-refractivity contribution in [3.05, 3.63) is 29.8 Å². The lowest BCUT2D eigenvalue weighted by Gasteiger charge is -2.36. The molecule has 26 heavy (non-hydrogen) atoms. The number of hydrogen-bond acceptors (Lipinski definition) is 6. The molecule has 6 nitrogen and oxygen atoms in total. The highest BCUT2D eigenvalue weighted by atomic mass is 32.2. The highest BCUT2D eigenvalue weighted by Crippen LogP contribution is 2.25. The SMILES string of the molecule is Cn1c(N)nnc1SCCCN1CCN(c2cccc(C(F)F)c2)CC1. The Morgan fingerprint density at radius 2 is 1.96 bits per heavy atom. The van der Waals surface area contributed by atoms with Gasteiger partial charge < -0.3 is 10.6 Å². The summed E-state index contributed by atoms with van der Waals surface area (Å²) in [5, 5.41) is 8.72. The number of nitrogens with two attached hydrogens (primary N) is 1. The molecule has 1 aromatic heterocycles. The Balaban J connectivity index is 1.40. The van der Waals surface area contributed by atoms with Crippen molar-refractivity contribution in [3.63, 3.8) is 0 Å². The average molecular weight is 382 g/mol. The lowest BCUT2D eigenvalue weighted by Crippen LogP contribution is -2.46.